The third-order valence-corrected chi connectivity index (χ3v) is 3.59. The van der Waals surface area contributed by atoms with Gasteiger partial charge in [0.2, 0.25) is 0 Å². The third-order valence-electron chi connectivity index (χ3n) is 2.86. The maximum Gasteiger partial charge on any atom is 0.320 e. The number of halogens is 1. The van der Waals surface area contributed by atoms with Gasteiger partial charge < -0.3 is 14.2 Å². The lowest BCUT2D eigenvalue weighted by atomic mass is 10.2. The third kappa shape index (κ3) is 3.86. The number of ether oxygens (including phenoxy) is 3. The average Bonchev–Trinajstić information content (AvgIpc) is 2.39. The molecule has 0 atom stereocenters. The van der Waals surface area contributed by atoms with Crippen LogP contribution in [0.4, 0.5) is 0 Å². The van der Waals surface area contributed by atoms with Gasteiger partial charge in [-0.15, -0.1) is 0 Å². The van der Waals surface area contributed by atoms with Crippen LogP contribution >= 0.6 is 15.9 Å². The number of carbonyl (C=O) groups is 1. The van der Waals surface area contributed by atoms with Crippen LogP contribution in [0.1, 0.15) is 12.5 Å². The molecule has 0 saturated heterocycles. The summed E-state index contributed by atoms with van der Waals surface area (Å²) < 4.78 is 17.0. The number of esters is 1. The Labute approximate surface area is 126 Å². The predicted octanol–water partition coefficient (Wildman–Crippen LogP) is 2.22. The van der Waals surface area contributed by atoms with Gasteiger partial charge in [0.05, 0.1) is 13.2 Å². The fourth-order valence-corrected chi connectivity index (χ4v) is 2.45. The molecule has 1 aromatic rings. The van der Waals surface area contributed by atoms with E-state index < -0.39 is 0 Å². The Hall–Kier alpha value is -1.27. The Balaban J connectivity index is 2.03. The molecule has 5 nitrogen and oxygen atoms in total. The van der Waals surface area contributed by atoms with E-state index in [1.807, 2.05) is 24.1 Å². The largest absolute Gasteiger partial charge is 0.486 e. The standard InChI is InChI=1S/C14H18BrNO4/c1-3-18-14(17)9-16(2)8-10-6-12-13(7-11(10)15)20-5-4-19-12/h6-7H,3-5,8-9H2,1-2H3. The lowest BCUT2D eigenvalue weighted by molar-refractivity contribution is -0.144. The molecule has 0 bridgehead atoms. The molecular formula is C14H18BrNO4. The molecule has 110 valence electrons. The Morgan fingerprint density at radius 2 is 2.00 bits per heavy atom. The fraction of sp³-hybridized carbons (Fsp3) is 0.500. The molecule has 1 aliphatic rings. The first-order chi connectivity index (χ1) is 9.60. The van der Waals surface area contributed by atoms with Gasteiger partial charge in [-0.2, -0.15) is 0 Å². The summed E-state index contributed by atoms with van der Waals surface area (Å²) in [6, 6.07) is 3.85. The van der Waals surface area contributed by atoms with Gasteiger partial charge >= 0.3 is 5.97 Å². The van der Waals surface area contributed by atoms with Crippen LogP contribution in [-0.4, -0.2) is 44.3 Å². The second-order valence-corrected chi connectivity index (χ2v) is 5.42. The van der Waals surface area contributed by atoms with Gasteiger partial charge in [-0.05, 0) is 31.7 Å². The van der Waals surface area contributed by atoms with Gasteiger partial charge in [0, 0.05) is 11.0 Å². The topological polar surface area (TPSA) is 48.0 Å². The summed E-state index contributed by atoms with van der Waals surface area (Å²) in [5.41, 5.74) is 1.04. The van der Waals surface area contributed by atoms with Crippen LogP contribution in [0.2, 0.25) is 0 Å². The van der Waals surface area contributed by atoms with E-state index in [-0.39, 0.29) is 12.5 Å². The molecule has 1 heterocycles. The molecular weight excluding hydrogens is 326 g/mol. The summed E-state index contributed by atoms with van der Waals surface area (Å²) in [5, 5.41) is 0. The number of hydrogen-bond acceptors (Lipinski definition) is 5. The smallest absolute Gasteiger partial charge is 0.320 e. The van der Waals surface area contributed by atoms with Gasteiger partial charge in [0.1, 0.15) is 13.2 Å². The summed E-state index contributed by atoms with van der Waals surface area (Å²) >= 11 is 3.52. The Kier molecular flexibility index (Phi) is 5.25. The zero-order valence-electron chi connectivity index (χ0n) is 11.6. The quantitative estimate of drug-likeness (QED) is 0.767. The van der Waals surface area contributed by atoms with E-state index in [1.54, 1.807) is 6.92 Å². The summed E-state index contributed by atoms with van der Waals surface area (Å²) in [5.74, 6) is 1.28. The highest BCUT2D eigenvalue weighted by Crippen LogP contribution is 2.35. The molecule has 0 fully saturated rings. The van der Waals surface area contributed by atoms with Gasteiger partial charge in [-0.1, -0.05) is 15.9 Å². The van der Waals surface area contributed by atoms with Crippen LogP contribution in [0, 0.1) is 0 Å². The van der Waals surface area contributed by atoms with Crippen molar-refractivity contribution in [2.24, 2.45) is 0 Å². The van der Waals surface area contributed by atoms with E-state index in [1.165, 1.54) is 0 Å². The molecule has 0 amide bonds. The maximum atomic E-state index is 11.4. The average molecular weight is 344 g/mol. The minimum Gasteiger partial charge on any atom is -0.486 e. The van der Waals surface area contributed by atoms with Crippen molar-refractivity contribution in [2.75, 3.05) is 33.4 Å². The number of nitrogens with zero attached hydrogens (tertiary/aromatic N) is 1. The van der Waals surface area contributed by atoms with E-state index in [9.17, 15) is 4.79 Å². The molecule has 0 saturated carbocycles. The molecule has 0 aliphatic carbocycles. The van der Waals surface area contributed by atoms with Crippen LogP contribution in [0.5, 0.6) is 11.5 Å². The van der Waals surface area contributed by atoms with Crippen molar-refractivity contribution in [1.82, 2.24) is 4.90 Å². The number of rotatable bonds is 5. The molecule has 0 unspecified atom stereocenters. The highest BCUT2D eigenvalue weighted by Gasteiger charge is 2.16. The van der Waals surface area contributed by atoms with Crippen molar-refractivity contribution >= 4 is 21.9 Å². The van der Waals surface area contributed by atoms with Crippen molar-refractivity contribution in [1.29, 1.82) is 0 Å². The molecule has 2 rings (SSSR count). The molecule has 0 N–H and O–H groups in total. The van der Waals surface area contributed by atoms with Crippen molar-refractivity contribution < 1.29 is 19.0 Å². The molecule has 0 radical (unpaired) electrons. The highest BCUT2D eigenvalue weighted by atomic mass is 79.9. The zero-order chi connectivity index (χ0) is 14.5. The molecule has 20 heavy (non-hydrogen) atoms. The zero-order valence-corrected chi connectivity index (χ0v) is 13.2. The van der Waals surface area contributed by atoms with Crippen molar-refractivity contribution in [3.05, 3.63) is 22.2 Å². The van der Waals surface area contributed by atoms with Crippen molar-refractivity contribution in [3.8, 4) is 11.5 Å². The first-order valence-corrected chi connectivity index (χ1v) is 7.31. The normalized spacial score (nSPS) is 13.4. The molecule has 0 spiro atoms. The van der Waals surface area contributed by atoms with Gasteiger partial charge in [0.25, 0.3) is 0 Å². The monoisotopic (exact) mass is 343 g/mol. The second-order valence-electron chi connectivity index (χ2n) is 4.56. The van der Waals surface area contributed by atoms with E-state index in [2.05, 4.69) is 15.9 Å². The fourth-order valence-electron chi connectivity index (χ4n) is 2.00. The summed E-state index contributed by atoms with van der Waals surface area (Å²) in [7, 11) is 1.88. The second kappa shape index (κ2) is 6.95. The number of hydrogen-bond donors (Lipinski definition) is 0. The van der Waals surface area contributed by atoms with Gasteiger partial charge in [-0.3, -0.25) is 9.69 Å². The number of carbonyl (C=O) groups excluding carboxylic acids is 1. The van der Waals surface area contributed by atoms with Gasteiger partial charge in [-0.25, -0.2) is 0 Å². The minimum atomic E-state index is -0.219. The Morgan fingerprint density at radius 3 is 2.65 bits per heavy atom. The summed E-state index contributed by atoms with van der Waals surface area (Å²) in [6.45, 7) is 4.22. The number of fused-ring (bicyclic) bond motifs is 1. The van der Waals surface area contributed by atoms with E-state index in [4.69, 9.17) is 14.2 Å². The van der Waals surface area contributed by atoms with Crippen LogP contribution in [0.15, 0.2) is 16.6 Å². The summed E-state index contributed by atoms with van der Waals surface area (Å²) in [6.07, 6.45) is 0. The minimum absolute atomic E-state index is 0.219. The van der Waals surface area contributed by atoms with Gasteiger partial charge in [0.15, 0.2) is 11.5 Å². The van der Waals surface area contributed by atoms with Crippen LogP contribution in [-0.2, 0) is 16.1 Å². The predicted molar refractivity (Wildman–Crippen MR) is 78.1 cm³/mol. The molecule has 1 aliphatic heterocycles. The van der Waals surface area contributed by atoms with E-state index in [0.29, 0.717) is 26.4 Å². The van der Waals surface area contributed by atoms with Crippen molar-refractivity contribution in [3.63, 3.8) is 0 Å². The molecule has 0 aromatic heterocycles. The van der Waals surface area contributed by atoms with Crippen LogP contribution in [0.25, 0.3) is 0 Å². The lowest BCUT2D eigenvalue weighted by Crippen LogP contribution is -2.27. The molecule has 1 aromatic carbocycles. The first kappa shape index (κ1) is 15.1. The summed E-state index contributed by atoms with van der Waals surface area (Å²) in [4.78, 5) is 13.3. The number of likely N-dealkylation sites (N-methyl/N-ethyl adjacent to an activating group) is 1. The Morgan fingerprint density at radius 1 is 1.35 bits per heavy atom. The van der Waals surface area contributed by atoms with Crippen molar-refractivity contribution in [2.45, 2.75) is 13.5 Å². The lowest BCUT2D eigenvalue weighted by Gasteiger charge is -2.22. The molecule has 6 heteroatoms. The number of benzene rings is 1. The van der Waals surface area contributed by atoms with Crippen LogP contribution < -0.4 is 9.47 Å². The van der Waals surface area contributed by atoms with E-state index in [0.717, 1.165) is 21.5 Å². The van der Waals surface area contributed by atoms with Crippen LogP contribution in [0.3, 0.4) is 0 Å². The maximum absolute atomic E-state index is 11.4. The SMILES string of the molecule is CCOC(=O)CN(C)Cc1cc2c(cc1Br)OCCO2. The first-order valence-electron chi connectivity index (χ1n) is 6.52. The Bertz CT molecular complexity index is 492. The highest BCUT2D eigenvalue weighted by molar-refractivity contribution is 9.10. The van der Waals surface area contributed by atoms with E-state index >= 15 is 0 Å².